The molecule has 0 bridgehead atoms. The zero-order valence-electron chi connectivity index (χ0n) is 15.4. The van der Waals surface area contributed by atoms with E-state index in [1.165, 1.54) is 6.08 Å². The largest absolute Gasteiger partial charge is 0.454 e. The lowest BCUT2D eigenvalue weighted by Gasteiger charge is -2.23. The second kappa shape index (κ2) is 8.17. The molecule has 0 N–H and O–H groups in total. The molecule has 144 valence electrons. The summed E-state index contributed by atoms with van der Waals surface area (Å²) in [6.45, 7) is 1.60. The zero-order valence-corrected chi connectivity index (χ0v) is 15.4. The van der Waals surface area contributed by atoms with Crippen LogP contribution in [0, 0.1) is 0 Å². The van der Waals surface area contributed by atoms with Gasteiger partial charge in [0.05, 0.1) is 0 Å². The number of carbonyl (C=O) groups is 2. The number of esters is 1. The Bertz CT molecular complexity index is 887. The Balaban J connectivity index is 1.48. The number of amides is 1. The highest BCUT2D eigenvalue weighted by atomic mass is 16.7. The van der Waals surface area contributed by atoms with Crippen LogP contribution in [-0.4, -0.2) is 36.7 Å². The van der Waals surface area contributed by atoms with Crippen LogP contribution in [0.4, 0.5) is 0 Å². The van der Waals surface area contributed by atoms with E-state index in [4.69, 9.17) is 14.2 Å². The number of hydrogen-bond donors (Lipinski definition) is 0. The number of nitrogens with zero attached hydrogens (tertiary/aromatic N) is 1. The molecule has 28 heavy (non-hydrogen) atoms. The van der Waals surface area contributed by atoms with Crippen LogP contribution < -0.4 is 9.47 Å². The molecule has 0 aromatic heterocycles. The third-order valence-electron chi connectivity index (χ3n) is 4.79. The predicted octanol–water partition coefficient (Wildman–Crippen LogP) is 3.34. The van der Waals surface area contributed by atoms with Crippen LogP contribution in [0.1, 0.15) is 30.1 Å². The quantitative estimate of drug-likeness (QED) is 0.589. The van der Waals surface area contributed by atoms with E-state index in [2.05, 4.69) is 0 Å². The summed E-state index contributed by atoms with van der Waals surface area (Å²) in [7, 11) is 0. The lowest BCUT2D eigenvalue weighted by molar-refractivity contribution is -0.156. The highest BCUT2D eigenvalue weighted by molar-refractivity contribution is 5.91. The van der Waals surface area contributed by atoms with Gasteiger partial charge in [-0.25, -0.2) is 4.79 Å². The van der Waals surface area contributed by atoms with E-state index < -0.39 is 12.1 Å². The topological polar surface area (TPSA) is 65.1 Å². The molecule has 2 aromatic carbocycles. The van der Waals surface area contributed by atoms with E-state index in [0.29, 0.717) is 30.2 Å². The summed E-state index contributed by atoms with van der Waals surface area (Å²) in [5.74, 6) is 0.578. The van der Waals surface area contributed by atoms with Crippen LogP contribution in [0.25, 0.3) is 6.08 Å². The Hall–Kier alpha value is -3.28. The summed E-state index contributed by atoms with van der Waals surface area (Å²) >= 11 is 0. The fraction of sp³-hybridized carbons (Fsp3) is 0.273. The summed E-state index contributed by atoms with van der Waals surface area (Å²) in [6.07, 6.45) is 3.97. The van der Waals surface area contributed by atoms with Gasteiger partial charge >= 0.3 is 5.97 Å². The van der Waals surface area contributed by atoms with Crippen LogP contribution in [-0.2, 0) is 14.3 Å². The molecule has 4 rings (SSSR count). The minimum atomic E-state index is -0.937. The highest BCUT2D eigenvalue weighted by Gasteiger charge is 2.30. The average Bonchev–Trinajstić information content (AvgIpc) is 3.42. The molecule has 1 unspecified atom stereocenters. The smallest absolute Gasteiger partial charge is 0.331 e. The third kappa shape index (κ3) is 4.01. The van der Waals surface area contributed by atoms with E-state index in [0.717, 1.165) is 18.4 Å². The Morgan fingerprint density at radius 3 is 2.54 bits per heavy atom. The molecule has 2 heterocycles. The molecule has 0 radical (unpaired) electrons. The van der Waals surface area contributed by atoms with Gasteiger partial charge in [0.15, 0.2) is 11.5 Å². The number of carbonyl (C=O) groups excluding carboxylic acids is 2. The summed E-state index contributed by atoms with van der Waals surface area (Å²) in [5, 5.41) is 0. The first kappa shape index (κ1) is 18.1. The maximum Gasteiger partial charge on any atom is 0.331 e. The van der Waals surface area contributed by atoms with E-state index in [9.17, 15) is 9.59 Å². The van der Waals surface area contributed by atoms with Crippen molar-refractivity contribution in [3.63, 3.8) is 0 Å². The normalized spacial score (nSPS) is 16.4. The second-order valence-electron chi connectivity index (χ2n) is 6.71. The van der Waals surface area contributed by atoms with Gasteiger partial charge < -0.3 is 19.1 Å². The summed E-state index contributed by atoms with van der Waals surface area (Å²) in [6, 6.07) is 14.5. The van der Waals surface area contributed by atoms with Gasteiger partial charge in [0.1, 0.15) is 0 Å². The van der Waals surface area contributed by atoms with Gasteiger partial charge in [-0.1, -0.05) is 36.4 Å². The Morgan fingerprint density at radius 1 is 1.00 bits per heavy atom. The summed E-state index contributed by atoms with van der Waals surface area (Å²) in [5.41, 5.74) is 1.45. The van der Waals surface area contributed by atoms with Crippen LogP contribution in [0.2, 0.25) is 0 Å². The van der Waals surface area contributed by atoms with Gasteiger partial charge in [-0.05, 0) is 36.6 Å². The highest BCUT2D eigenvalue weighted by Crippen LogP contribution is 2.32. The molecule has 1 saturated heterocycles. The third-order valence-corrected chi connectivity index (χ3v) is 4.79. The van der Waals surface area contributed by atoms with E-state index in [-0.39, 0.29) is 12.7 Å². The van der Waals surface area contributed by atoms with Gasteiger partial charge in [0.2, 0.25) is 12.9 Å². The average molecular weight is 379 g/mol. The Morgan fingerprint density at radius 2 is 1.75 bits per heavy atom. The van der Waals surface area contributed by atoms with Crippen LogP contribution in [0.15, 0.2) is 54.6 Å². The standard InChI is InChI=1S/C22H21NO5/c24-20(11-9-16-8-10-18-19(14-16)27-15-26-18)28-21(17-6-2-1-3-7-17)22(25)23-12-4-5-13-23/h1-3,6-11,14,21H,4-5,12-13,15H2/b11-9+. The van der Waals surface area contributed by atoms with E-state index in [1.807, 2.05) is 24.3 Å². The number of likely N-dealkylation sites (tertiary alicyclic amines) is 1. The first-order valence-electron chi connectivity index (χ1n) is 9.33. The molecule has 0 aliphatic carbocycles. The van der Waals surface area contributed by atoms with Crippen molar-refractivity contribution in [2.24, 2.45) is 0 Å². The van der Waals surface area contributed by atoms with Crippen LogP contribution in [0.3, 0.4) is 0 Å². The predicted molar refractivity (Wildman–Crippen MR) is 103 cm³/mol. The fourth-order valence-electron chi connectivity index (χ4n) is 3.33. The van der Waals surface area contributed by atoms with Crippen molar-refractivity contribution in [2.75, 3.05) is 19.9 Å². The molecule has 2 aromatic rings. The van der Waals surface area contributed by atoms with Gasteiger partial charge in [0.25, 0.3) is 5.91 Å². The molecule has 1 atom stereocenters. The Kier molecular flexibility index (Phi) is 5.28. The monoisotopic (exact) mass is 379 g/mol. The SMILES string of the molecule is O=C(/C=C/c1ccc2c(c1)OCO2)OC(C(=O)N1CCCC1)c1ccccc1. The van der Waals surface area contributed by atoms with Gasteiger partial charge in [-0.15, -0.1) is 0 Å². The maximum absolute atomic E-state index is 12.9. The molecular weight excluding hydrogens is 358 g/mol. The zero-order chi connectivity index (χ0) is 19.3. The van der Waals surface area contributed by atoms with Crippen molar-refractivity contribution in [1.29, 1.82) is 0 Å². The van der Waals surface area contributed by atoms with Crippen molar-refractivity contribution in [1.82, 2.24) is 4.90 Å². The first-order chi connectivity index (χ1) is 13.7. The molecule has 6 nitrogen and oxygen atoms in total. The van der Waals surface area contributed by atoms with Crippen molar-refractivity contribution < 1.29 is 23.8 Å². The van der Waals surface area contributed by atoms with E-state index in [1.54, 1.807) is 35.2 Å². The minimum Gasteiger partial charge on any atom is -0.454 e. The number of fused-ring (bicyclic) bond motifs is 1. The summed E-state index contributed by atoms with van der Waals surface area (Å²) < 4.78 is 16.2. The second-order valence-corrected chi connectivity index (χ2v) is 6.71. The molecule has 1 amide bonds. The molecule has 2 aliphatic rings. The van der Waals surface area contributed by atoms with Gasteiger partial charge in [0, 0.05) is 24.7 Å². The van der Waals surface area contributed by atoms with E-state index >= 15 is 0 Å². The van der Waals surface area contributed by atoms with Gasteiger partial charge in [-0.3, -0.25) is 4.79 Å². The maximum atomic E-state index is 12.9. The Labute approximate surface area is 163 Å². The molecule has 1 fully saturated rings. The summed E-state index contributed by atoms with van der Waals surface area (Å²) in [4.78, 5) is 27.1. The lowest BCUT2D eigenvalue weighted by atomic mass is 10.1. The van der Waals surface area contributed by atoms with Crippen LogP contribution in [0.5, 0.6) is 11.5 Å². The van der Waals surface area contributed by atoms with Crippen LogP contribution >= 0.6 is 0 Å². The van der Waals surface area contributed by atoms with Crippen molar-refractivity contribution in [3.05, 3.63) is 65.7 Å². The molecule has 6 heteroatoms. The first-order valence-corrected chi connectivity index (χ1v) is 9.33. The molecule has 0 spiro atoms. The number of benzene rings is 2. The fourth-order valence-corrected chi connectivity index (χ4v) is 3.33. The molecular formula is C22H21NO5. The minimum absolute atomic E-state index is 0.173. The number of ether oxygens (including phenoxy) is 3. The number of hydrogen-bond acceptors (Lipinski definition) is 5. The van der Waals surface area contributed by atoms with Crippen molar-refractivity contribution in [2.45, 2.75) is 18.9 Å². The van der Waals surface area contributed by atoms with Crippen molar-refractivity contribution in [3.8, 4) is 11.5 Å². The molecule has 2 aliphatic heterocycles. The molecule has 0 saturated carbocycles. The van der Waals surface area contributed by atoms with Crippen molar-refractivity contribution >= 4 is 18.0 Å². The number of rotatable bonds is 5. The van der Waals surface area contributed by atoms with Gasteiger partial charge in [-0.2, -0.15) is 0 Å². The lowest BCUT2D eigenvalue weighted by Crippen LogP contribution is -2.34.